The van der Waals surface area contributed by atoms with Gasteiger partial charge in [-0.25, -0.2) is 0 Å². The summed E-state index contributed by atoms with van der Waals surface area (Å²) in [5.74, 6) is 0. The lowest BCUT2D eigenvalue weighted by Crippen LogP contribution is -2.39. The van der Waals surface area contributed by atoms with Crippen molar-refractivity contribution in [2.75, 3.05) is 13.1 Å². The van der Waals surface area contributed by atoms with Gasteiger partial charge in [0.05, 0.1) is 6.04 Å². The van der Waals surface area contributed by atoms with E-state index in [9.17, 15) is 0 Å². The summed E-state index contributed by atoms with van der Waals surface area (Å²) in [7, 11) is 0. The van der Waals surface area contributed by atoms with E-state index in [1.54, 1.807) is 5.57 Å². The first-order valence-corrected chi connectivity index (χ1v) is 5.00. The average molecular weight is 211 g/mol. The first-order chi connectivity index (χ1) is 6.45. The fourth-order valence-electron chi connectivity index (χ4n) is 2.46. The summed E-state index contributed by atoms with van der Waals surface area (Å²) >= 11 is 0. The summed E-state index contributed by atoms with van der Waals surface area (Å²) in [6.07, 6.45) is 10.0. The van der Waals surface area contributed by atoms with Crippen LogP contribution in [0.5, 0.6) is 0 Å². The summed E-state index contributed by atoms with van der Waals surface area (Å²) in [5.41, 5.74) is 3.08. The van der Waals surface area contributed by atoms with Gasteiger partial charge >= 0.3 is 0 Å². The van der Waals surface area contributed by atoms with Crippen LogP contribution in [0, 0.1) is 0 Å². The number of halogens is 1. The van der Waals surface area contributed by atoms with Gasteiger partial charge in [-0.3, -0.25) is 0 Å². The van der Waals surface area contributed by atoms with Crippen molar-refractivity contribution in [2.45, 2.75) is 18.5 Å². The Morgan fingerprint density at radius 3 is 3.14 bits per heavy atom. The number of rotatable bonds is 0. The lowest BCUT2D eigenvalue weighted by atomic mass is 9.96. The molecule has 2 atom stereocenters. The molecule has 2 N–H and O–H groups in total. The molecule has 2 unspecified atom stereocenters. The quantitative estimate of drug-likeness (QED) is 0.627. The number of hydrogen-bond donors (Lipinski definition) is 2. The van der Waals surface area contributed by atoms with E-state index in [0.717, 1.165) is 13.1 Å². The third-order valence-electron chi connectivity index (χ3n) is 3.12. The molecule has 2 aliphatic heterocycles. The van der Waals surface area contributed by atoms with E-state index < -0.39 is 0 Å². The van der Waals surface area contributed by atoms with Crippen molar-refractivity contribution < 1.29 is 0 Å². The number of fused-ring (bicyclic) bond motifs is 2. The van der Waals surface area contributed by atoms with E-state index in [4.69, 9.17) is 0 Å². The Kier molecular flexibility index (Phi) is 2.77. The zero-order valence-corrected chi connectivity index (χ0v) is 8.81. The number of piperidine rings is 1. The highest BCUT2D eigenvalue weighted by Gasteiger charge is 2.31. The Morgan fingerprint density at radius 2 is 2.21 bits per heavy atom. The van der Waals surface area contributed by atoms with Crippen LogP contribution in [0.4, 0.5) is 0 Å². The van der Waals surface area contributed by atoms with Crippen molar-refractivity contribution in [3.05, 3.63) is 35.5 Å². The molecule has 0 saturated carbocycles. The fraction of sp³-hybridized carbons (Fsp3) is 0.455. The van der Waals surface area contributed by atoms with Gasteiger partial charge in [-0.2, -0.15) is 0 Å². The third-order valence-corrected chi connectivity index (χ3v) is 3.12. The van der Waals surface area contributed by atoms with E-state index in [1.807, 2.05) is 0 Å². The largest absolute Gasteiger partial charge is 0.313 e. The Morgan fingerprint density at radius 1 is 1.29 bits per heavy atom. The SMILES string of the molecule is C1=CC2=C3CNCCC3NC2C=C1.Cl. The molecule has 0 amide bonds. The maximum atomic E-state index is 3.64. The predicted molar refractivity (Wildman–Crippen MR) is 60.8 cm³/mol. The second-order valence-electron chi connectivity index (χ2n) is 3.89. The molecule has 0 aromatic rings. The fourth-order valence-corrected chi connectivity index (χ4v) is 2.46. The second-order valence-corrected chi connectivity index (χ2v) is 3.89. The predicted octanol–water partition coefficient (Wildman–Crippen LogP) is 1.16. The van der Waals surface area contributed by atoms with E-state index in [0.29, 0.717) is 12.1 Å². The molecule has 14 heavy (non-hydrogen) atoms. The minimum Gasteiger partial charge on any atom is -0.313 e. The summed E-state index contributed by atoms with van der Waals surface area (Å²) in [5, 5.41) is 7.08. The van der Waals surface area contributed by atoms with E-state index in [-0.39, 0.29) is 12.4 Å². The molecule has 0 radical (unpaired) electrons. The zero-order valence-electron chi connectivity index (χ0n) is 7.99. The molecule has 0 bridgehead atoms. The van der Waals surface area contributed by atoms with Crippen molar-refractivity contribution in [2.24, 2.45) is 0 Å². The van der Waals surface area contributed by atoms with Crippen LogP contribution >= 0.6 is 12.4 Å². The molecule has 0 aromatic heterocycles. The van der Waals surface area contributed by atoms with Crippen LogP contribution < -0.4 is 10.6 Å². The molecule has 2 heterocycles. The van der Waals surface area contributed by atoms with Gasteiger partial charge in [0, 0.05) is 12.6 Å². The number of allylic oxidation sites excluding steroid dienone is 2. The smallest absolute Gasteiger partial charge is 0.0514 e. The molecular weight excluding hydrogens is 196 g/mol. The van der Waals surface area contributed by atoms with E-state index in [2.05, 4.69) is 34.9 Å². The van der Waals surface area contributed by atoms with Crippen LogP contribution in [0.3, 0.4) is 0 Å². The summed E-state index contributed by atoms with van der Waals surface area (Å²) in [6.45, 7) is 2.22. The standard InChI is InChI=1S/C11H14N2.ClH/c1-2-4-10-8(3-1)9-7-12-6-5-11(9)13-10;/h1-4,10-13H,5-7H2;1H. The molecule has 76 valence electrons. The lowest BCUT2D eigenvalue weighted by molar-refractivity contribution is 0.492. The second kappa shape index (κ2) is 3.89. The Labute approximate surface area is 90.6 Å². The highest BCUT2D eigenvalue weighted by Crippen LogP contribution is 2.28. The van der Waals surface area contributed by atoms with Crippen LogP contribution in [-0.2, 0) is 0 Å². The summed E-state index contributed by atoms with van der Waals surface area (Å²) < 4.78 is 0. The maximum Gasteiger partial charge on any atom is 0.0514 e. The van der Waals surface area contributed by atoms with Crippen LogP contribution in [0.25, 0.3) is 0 Å². The summed E-state index contributed by atoms with van der Waals surface area (Å²) in [4.78, 5) is 0. The van der Waals surface area contributed by atoms with Crippen LogP contribution in [0.2, 0.25) is 0 Å². The highest BCUT2D eigenvalue weighted by atomic mass is 35.5. The maximum absolute atomic E-state index is 3.64. The van der Waals surface area contributed by atoms with Gasteiger partial charge in [0.15, 0.2) is 0 Å². The number of hydrogen-bond acceptors (Lipinski definition) is 2. The van der Waals surface area contributed by atoms with Crippen molar-refractivity contribution in [1.29, 1.82) is 0 Å². The minimum absolute atomic E-state index is 0. The number of nitrogens with one attached hydrogen (secondary N) is 2. The minimum atomic E-state index is 0. The monoisotopic (exact) mass is 210 g/mol. The van der Waals surface area contributed by atoms with Crippen LogP contribution in [0.15, 0.2) is 35.5 Å². The molecular formula is C11H15ClN2. The molecule has 1 aliphatic carbocycles. The third kappa shape index (κ3) is 1.44. The molecule has 0 spiro atoms. The molecule has 1 saturated heterocycles. The van der Waals surface area contributed by atoms with Gasteiger partial charge in [-0.1, -0.05) is 24.3 Å². The van der Waals surface area contributed by atoms with Crippen molar-refractivity contribution in [3.63, 3.8) is 0 Å². The topological polar surface area (TPSA) is 24.1 Å². The highest BCUT2D eigenvalue weighted by molar-refractivity contribution is 5.85. The Bertz CT molecular complexity index is 317. The zero-order chi connectivity index (χ0) is 8.67. The van der Waals surface area contributed by atoms with E-state index >= 15 is 0 Å². The molecule has 0 aromatic carbocycles. The molecule has 3 rings (SSSR count). The van der Waals surface area contributed by atoms with Gasteiger partial charge in [-0.15, -0.1) is 12.4 Å². The van der Waals surface area contributed by atoms with Crippen molar-refractivity contribution in [3.8, 4) is 0 Å². The molecule has 3 aliphatic rings. The average Bonchev–Trinajstić information content (AvgIpc) is 2.56. The van der Waals surface area contributed by atoms with Gasteiger partial charge < -0.3 is 10.6 Å². The first kappa shape index (κ1) is 9.97. The summed E-state index contributed by atoms with van der Waals surface area (Å²) in [6, 6.07) is 1.12. The molecule has 2 nitrogen and oxygen atoms in total. The van der Waals surface area contributed by atoms with Crippen LogP contribution in [-0.4, -0.2) is 25.2 Å². The van der Waals surface area contributed by atoms with Gasteiger partial charge in [0.2, 0.25) is 0 Å². The van der Waals surface area contributed by atoms with Crippen LogP contribution in [0.1, 0.15) is 6.42 Å². The Balaban J connectivity index is 0.000000750. The molecule has 3 heteroatoms. The Hall–Kier alpha value is -0.570. The normalized spacial score (nSPS) is 33.7. The van der Waals surface area contributed by atoms with Gasteiger partial charge in [-0.05, 0) is 24.1 Å². The van der Waals surface area contributed by atoms with Gasteiger partial charge in [0.1, 0.15) is 0 Å². The molecule has 1 fully saturated rings. The van der Waals surface area contributed by atoms with Crippen molar-refractivity contribution >= 4 is 12.4 Å². The first-order valence-electron chi connectivity index (χ1n) is 5.00. The lowest BCUT2D eigenvalue weighted by Gasteiger charge is -2.22. The van der Waals surface area contributed by atoms with E-state index in [1.165, 1.54) is 12.0 Å². The van der Waals surface area contributed by atoms with Gasteiger partial charge in [0.25, 0.3) is 0 Å². The van der Waals surface area contributed by atoms with Crippen molar-refractivity contribution in [1.82, 2.24) is 10.6 Å².